The molecular weight excluding hydrogens is 586 g/mol. The van der Waals surface area contributed by atoms with Gasteiger partial charge in [0, 0.05) is 23.2 Å². The van der Waals surface area contributed by atoms with E-state index in [0.29, 0.717) is 19.6 Å². The van der Waals surface area contributed by atoms with Crippen molar-refractivity contribution in [2.45, 2.75) is 113 Å². The number of hydrogen-bond donors (Lipinski definition) is 3. The number of esters is 1. The van der Waals surface area contributed by atoms with Crippen LogP contribution < -0.4 is 11.5 Å². The number of aliphatic carboxylic acids is 1. The van der Waals surface area contributed by atoms with Gasteiger partial charge in [0.1, 0.15) is 12.2 Å². The van der Waals surface area contributed by atoms with Gasteiger partial charge in [-0.3, -0.25) is 14.4 Å². The average molecular weight is 644 g/mol. The van der Waals surface area contributed by atoms with Crippen molar-refractivity contribution >= 4 is 23.7 Å². The Hall–Kier alpha value is -2.46. The molecule has 5 aliphatic rings. The smallest absolute Gasteiger partial charge is 0.308 e. The summed E-state index contributed by atoms with van der Waals surface area (Å²) in [6, 6.07) is -0.285. The summed E-state index contributed by atoms with van der Waals surface area (Å²) in [4.78, 5) is 44.8. The van der Waals surface area contributed by atoms with Crippen molar-refractivity contribution in [2.24, 2.45) is 73.1 Å². The molecule has 1 saturated heterocycles. The summed E-state index contributed by atoms with van der Waals surface area (Å²) < 4.78 is 19.1. The van der Waals surface area contributed by atoms with E-state index in [2.05, 4.69) is 46.5 Å². The van der Waals surface area contributed by atoms with Gasteiger partial charge in [0.2, 0.25) is 0 Å². The zero-order valence-electron chi connectivity index (χ0n) is 29.4. The van der Waals surface area contributed by atoms with E-state index >= 15 is 0 Å². The van der Waals surface area contributed by atoms with Crippen LogP contribution in [0.3, 0.4) is 0 Å². The number of nitrogens with two attached hydrogens (primary N) is 2. The lowest BCUT2D eigenvalue weighted by Crippen LogP contribution is -2.71. The summed E-state index contributed by atoms with van der Waals surface area (Å²) in [6.07, 6.45) is 4.54. The molecule has 12 atom stereocenters. The third kappa shape index (κ3) is 4.86. The van der Waals surface area contributed by atoms with Gasteiger partial charge >= 0.3 is 11.9 Å². The average Bonchev–Trinajstić information content (AvgIpc) is 2.93. The lowest BCUT2D eigenvalue weighted by atomic mass is 9.34. The van der Waals surface area contributed by atoms with E-state index in [1.165, 1.54) is 6.92 Å². The van der Waals surface area contributed by atoms with E-state index in [9.17, 15) is 19.5 Å². The van der Waals surface area contributed by atoms with Crippen LogP contribution in [0.1, 0.15) is 94.4 Å². The molecule has 0 spiro atoms. The summed E-state index contributed by atoms with van der Waals surface area (Å²) in [6.45, 7) is 19.2. The molecule has 1 heterocycles. The maximum atomic E-state index is 14.8. The van der Waals surface area contributed by atoms with Gasteiger partial charge in [0.25, 0.3) is 0 Å². The van der Waals surface area contributed by atoms with E-state index in [0.717, 1.165) is 31.3 Å². The highest BCUT2D eigenvalue weighted by Crippen LogP contribution is 2.74. The lowest BCUT2D eigenvalue weighted by Gasteiger charge is -2.70. The predicted molar refractivity (Wildman–Crippen MR) is 175 cm³/mol. The minimum Gasteiger partial charge on any atom is -0.481 e. The number of carboxylic acid groups (broad SMARTS) is 1. The number of carbonyl (C=O) groups is 3. The van der Waals surface area contributed by atoms with Crippen molar-refractivity contribution in [1.82, 2.24) is 0 Å². The van der Waals surface area contributed by atoms with Gasteiger partial charge in [0.05, 0.1) is 31.8 Å². The van der Waals surface area contributed by atoms with Gasteiger partial charge in [-0.25, -0.2) is 4.99 Å². The van der Waals surface area contributed by atoms with Gasteiger partial charge in [0.15, 0.2) is 11.7 Å². The molecule has 1 unspecified atom stereocenters. The van der Waals surface area contributed by atoms with E-state index < -0.39 is 51.2 Å². The molecule has 5 rings (SSSR count). The Morgan fingerprint density at radius 1 is 1.09 bits per heavy atom. The highest BCUT2D eigenvalue weighted by atomic mass is 16.6. The maximum absolute atomic E-state index is 14.8. The first-order valence-electron chi connectivity index (χ1n) is 17.2. The van der Waals surface area contributed by atoms with E-state index in [-0.39, 0.29) is 54.0 Å². The second-order valence-electron chi connectivity index (χ2n) is 16.7. The van der Waals surface area contributed by atoms with Gasteiger partial charge in [-0.15, -0.1) is 0 Å². The molecule has 4 aliphatic carbocycles. The number of guanidine groups is 1. The summed E-state index contributed by atoms with van der Waals surface area (Å²) in [5.41, 5.74) is 9.10. The van der Waals surface area contributed by atoms with Crippen molar-refractivity contribution in [1.29, 1.82) is 0 Å². The number of hydrogen-bond acceptors (Lipinski definition) is 7. The standard InChI is InChI=1S/C36H57N3O7/c1-19(2)21(4)32(6)12-13-34(8)23-10-11-26-33(7)17-44-18-36(26,24(23)14-27(41)35(34,9)28(32)30(42)43)15-25(46-22(5)40)29(33)45-16-20(3)39-31(37)38/h14,19-21,23,25-26,28-29H,10-13,15-18H2,1-9H3,(H,42,43)(H4,37,38,39)/t20?,21-,23+,25-,26+,28-,29+,32-,33-,34-,35+,36+/m1/s1. The molecule has 46 heavy (non-hydrogen) atoms. The molecular formula is C36H57N3O7. The van der Waals surface area contributed by atoms with Crippen LogP contribution in [0.25, 0.3) is 0 Å². The number of aliphatic imine (C=N–C) groups is 1. The van der Waals surface area contributed by atoms with Crippen LogP contribution in [-0.4, -0.2) is 66.9 Å². The maximum Gasteiger partial charge on any atom is 0.308 e. The van der Waals surface area contributed by atoms with Gasteiger partial charge in [-0.05, 0) is 79.6 Å². The summed E-state index contributed by atoms with van der Waals surface area (Å²) in [5, 5.41) is 10.9. The molecule has 0 amide bonds. The number of nitrogens with zero attached hydrogens (tertiary/aromatic N) is 1. The van der Waals surface area contributed by atoms with E-state index in [4.69, 9.17) is 25.7 Å². The fraction of sp³-hybridized carbons (Fsp3) is 0.833. The zero-order chi connectivity index (χ0) is 34.2. The molecule has 0 aromatic rings. The number of ether oxygens (including phenoxy) is 3. The minimum absolute atomic E-state index is 0.00971. The van der Waals surface area contributed by atoms with Crippen molar-refractivity contribution in [2.75, 3.05) is 19.8 Å². The number of fused-ring (bicyclic) bond motifs is 3. The quantitative estimate of drug-likeness (QED) is 0.193. The Bertz CT molecular complexity index is 1330. The van der Waals surface area contributed by atoms with Crippen molar-refractivity contribution in [3.05, 3.63) is 11.6 Å². The van der Waals surface area contributed by atoms with E-state index in [1.807, 2.05) is 19.9 Å². The second kappa shape index (κ2) is 11.6. The van der Waals surface area contributed by atoms with Crippen LogP contribution in [-0.2, 0) is 28.6 Å². The predicted octanol–water partition coefficient (Wildman–Crippen LogP) is 4.73. The molecule has 10 heteroatoms. The zero-order valence-corrected chi connectivity index (χ0v) is 29.4. The molecule has 0 aromatic carbocycles. The Kier molecular flexibility index (Phi) is 8.79. The fourth-order valence-corrected chi connectivity index (χ4v) is 11.5. The van der Waals surface area contributed by atoms with Crippen LogP contribution in [0.2, 0.25) is 0 Å². The van der Waals surface area contributed by atoms with Crippen LogP contribution in [0, 0.1) is 56.7 Å². The Balaban J connectivity index is 1.60. The first-order valence-corrected chi connectivity index (χ1v) is 17.2. The van der Waals surface area contributed by atoms with Gasteiger partial charge in [-0.2, -0.15) is 0 Å². The van der Waals surface area contributed by atoms with Crippen molar-refractivity contribution in [3.63, 3.8) is 0 Å². The van der Waals surface area contributed by atoms with Crippen LogP contribution in [0.5, 0.6) is 0 Å². The lowest BCUT2D eigenvalue weighted by molar-refractivity contribution is -0.266. The third-order valence-corrected chi connectivity index (χ3v) is 14.1. The van der Waals surface area contributed by atoms with Crippen LogP contribution >= 0.6 is 0 Å². The monoisotopic (exact) mass is 643 g/mol. The molecule has 0 aromatic heterocycles. The molecule has 2 bridgehead atoms. The normalized spacial score (nSPS) is 44.5. The third-order valence-electron chi connectivity index (χ3n) is 14.1. The molecule has 5 N–H and O–H groups in total. The number of carboxylic acids is 1. The Morgan fingerprint density at radius 2 is 1.76 bits per heavy atom. The van der Waals surface area contributed by atoms with Gasteiger partial charge < -0.3 is 30.8 Å². The molecule has 10 nitrogen and oxygen atoms in total. The van der Waals surface area contributed by atoms with E-state index in [1.54, 1.807) is 0 Å². The molecule has 4 fully saturated rings. The van der Waals surface area contributed by atoms with Gasteiger partial charge in [-0.1, -0.05) is 54.0 Å². The first kappa shape index (κ1) is 34.9. The van der Waals surface area contributed by atoms with Crippen molar-refractivity contribution in [3.8, 4) is 0 Å². The molecule has 0 radical (unpaired) electrons. The Morgan fingerprint density at radius 3 is 2.35 bits per heavy atom. The van der Waals surface area contributed by atoms with Crippen LogP contribution in [0.15, 0.2) is 16.6 Å². The summed E-state index contributed by atoms with van der Waals surface area (Å²) in [7, 11) is 0. The highest BCUT2D eigenvalue weighted by Gasteiger charge is 2.74. The fourth-order valence-electron chi connectivity index (χ4n) is 11.5. The number of allylic oxidation sites excluding steroid dienone is 1. The SMILES string of the molecule is CC(=O)O[C@@H]1C[C@@]23COC[C@](C)([C@@H]2CC[C@H]2C3=CC(=O)[C@@]3(C)[C@H](C(=O)O)[C@@](C)([C@H](C)C(C)C)CC[C@]23C)[C@H]1OCC(C)N=C(N)N. The molecule has 1 aliphatic heterocycles. The number of rotatable bonds is 8. The molecule has 258 valence electrons. The number of ketones is 1. The Labute approximate surface area is 274 Å². The summed E-state index contributed by atoms with van der Waals surface area (Å²) in [5.74, 6) is -1.63. The molecule has 3 saturated carbocycles. The minimum atomic E-state index is -1.07. The topological polar surface area (TPSA) is 164 Å². The highest BCUT2D eigenvalue weighted by molar-refractivity contribution is 6.00. The second-order valence-corrected chi connectivity index (χ2v) is 16.7. The number of carbonyl (C=O) groups excluding carboxylic acids is 2. The van der Waals surface area contributed by atoms with Crippen LogP contribution in [0.4, 0.5) is 0 Å². The van der Waals surface area contributed by atoms with Crippen molar-refractivity contribution < 1.29 is 33.7 Å². The summed E-state index contributed by atoms with van der Waals surface area (Å²) >= 11 is 0. The first-order chi connectivity index (χ1) is 21.3. The largest absolute Gasteiger partial charge is 0.481 e.